The van der Waals surface area contributed by atoms with Crippen LogP contribution in [0.1, 0.15) is 5.69 Å². The third kappa shape index (κ3) is 3.65. The zero-order valence-corrected chi connectivity index (χ0v) is 15.4. The second-order valence-corrected chi connectivity index (χ2v) is 7.18. The molecule has 1 aromatic carbocycles. The van der Waals surface area contributed by atoms with Crippen LogP contribution in [-0.4, -0.2) is 40.9 Å². The summed E-state index contributed by atoms with van der Waals surface area (Å²) in [5, 5.41) is 0. The Balaban J connectivity index is 1.54. The lowest BCUT2D eigenvalue weighted by atomic mass is 10.2. The average molecular weight is 364 g/mol. The summed E-state index contributed by atoms with van der Waals surface area (Å²) in [6.45, 7) is 1.36. The van der Waals surface area contributed by atoms with Gasteiger partial charge in [-0.05, 0) is 24.3 Å². The molecule has 0 aliphatic carbocycles. The summed E-state index contributed by atoms with van der Waals surface area (Å²) in [6.07, 6.45) is 4.56. The smallest absolute Gasteiger partial charge is 0.163 e. The van der Waals surface area contributed by atoms with E-state index in [0.29, 0.717) is 6.61 Å². The van der Waals surface area contributed by atoms with Crippen LogP contribution < -0.4 is 9.64 Å². The molecule has 3 heterocycles. The Morgan fingerprint density at radius 3 is 2.81 bits per heavy atom. The first kappa shape index (κ1) is 16.8. The Hall–Kier alpha value is -2.60. The normalized spacial score (nSPS) is 12.7. The Morgan fingerprint density at radius 1 is 1.12 bits per heavy atom. The third-order valence-corrected chi connectivity index (χ3v) is 5.34. The first-order valence-electron chi connectivity index (χ1n) is 8.64. The van der Waals surface area contributed by atoms with Crippen LogP contribution in [0, 0.1) is 0 Å². The Labute approximate surface area is 157 Å². The summed E-state index contributed by atoms with van der Waals surface area (Å²) in [5.74, 6) is 3.67. The standard InChI is InChI=1S/C20H20N4OS/c1-24(11-12-25-16-7-3-2-4-8-16)20-18-17(9-13-26-18)22-19(23-20)15-6-5-10-21-14-15/h2-8,10,14H,9,11-13H2,1H3. The number of hydrogen-bond acceptors (Lipinski definition) is 6. The molecule has 26 heavy (non-hydrogen) atoms. The molecule has 132 valence electrons. The molecule has 0 unspecified atom stereocenters. The van der Waals surface area contributed by atoms with E-state index in [4.69, 9.17) is 14.7 Å². The number of aryl methyl sites for hydroxylation is 1. The number of aromatic nitrogens is 3. The van der Waals surface area contributed by atoms with Gasteiger partial charge in [0.25, 0.3) is 0 Å². The van der Waals surface area contributed by atoms with E-state index in [2.05, 4.69) is 16.9 Å². The summed E-state index contributed by atoms with van der Waals surface area (Å²) in [7, 11) is 2.06. The maximum atomic E-state index is 5.83. The van der Waals surface area contributed by atoms with E-state index in [1.807, 2.05) is 60.4 Å². The molecule has 0 saturated carbocycles. The fourth-order valence-electron chi connectivity index (χ4n) is 2.86. The lowest BCUT2D eigenvalue weighted by molar-refractivity contribution is 0.325. The van der Waals surface area contributed by atoms with Gasteiger partial charge in [-0.15, -0.1) is 11.8 Å². The fourth-order valence-corrected chi connectivity index (χ4v) is 4.00. The molecule has 3 aromatic rings. The quantitative estimate of drug-likeness (QED) is 0.665. The molecular formula is C20H20N4OS. The van der Waals surface area contributed by atoms with Gasteiger partial charge >= 0.3 is 0 Å². The van der Waals surface area contributed by atoms with Crippen LogP contribution >= 0.6 is 11.8 Å². The highest BCUT2D eigenvalue weighted by molar-refractivity contribution is 7.99. The highest BCUT2D eigenvalue weighted by atomic mass is 32.2. The molecule has 0 bridgehead atoms. The minimum atomic E-state index is 0.603. The molecular weight excluding hydrogens is 344 g/mol. The summed E-state index contributed by atoms with van der Waals surface area (Å²) < 4.78 is 5.83. The summed E-state index contributed by atoms with van der Waals surface area (Å²) in [5.41, 5.74) is 2.08. The molecule has 5 nitrogen and oxygen atoms in total. The van der Waals surface area contributed by atoms with E-state index in [0.717, 1.165) is 47.4 Å². The summed E-state index contributed by atoms with van der Waals surface area (Å²) >= 11 is 1.83. The molecule has 0 saturated heterocycles. The molecule has 6 heteroatoms. The first-order chi connectivity index (χ1) is 12.8. The maximum absolute atomic E-state index is 5.83. The number of pyridine rings is 1. The van der Waals surface area contributed by atoms with Crippen LogP contribution in [0.25, 0.3) is 11.4 Å². The van der Waals surface area contributed by atoms with Crippen molar-refractivity contribution in [1.29, 1.82) is 0 Å². The lowest BCUT2D eigenvalue weighted by Gasteiger charge is -2.21. The van der Waals surface area contributed by atoms with E-state index in [1.54, 1.807) is 6.20 Å². The van der Waals surface area contributed by atoms with E-state index in [-0.39, 0.29) is 0 Å². The number of ether oxygens (including phenoxy) is 1. The number of thioether (sulfide) groups is 1. The van der Waals surface area contributed by atoms with Crippen molar-refractivity contribution in [2.45, 2.75) is 11.3 Å². The molecule has 4 rings (SSSR count). The van der Waals surface area contributed by atoms with Crippen LogP contribution in [0.4, 0.5) is 5.82 Å². The number of rotatable bonds is 6. The van der Waals surface area contributed by atoms with Crippen molar-refractivity contribution in [2.75, 3.05) is 30.9 Å². The van der Waals surface area contributed by atoms with E-state index >= 15 is 0 Å². The van der Waals surface area contributed by atoms with Gasteiger partial charge in [0, 0.05) is 37.2 Å². The number of fused-ring (bicyclic) bond motifs is 1. The fraction of sp³-hybridized carbons (Fsp3) is 0.250. The number of hydrogen-bond donors (Lipinski definition) is 0. The molecule has 0 fully saturated rings. The Kier molecular flexibility index (Phi) is 5.02. The van der Waals surface area contributed by atoms with Gasteiger partial charge in [-0.1, -0.05) is 18.2 Å². The maximum Gasteiger partial charge on any atom is 0.163 e. The average Bonchev–Trinajstić information content (AvgIpc) is 3.17. The highest BCUT2D eigenvalue weighted by Crippen LogP contribution is 2.38. The van der Waals surface area contributed by atoms with Crippen LogP contribution in [0.5, 0.6) is 5.75 Å². The van der Waals surface area contributed by atoms with Gasteiger partial charge < -0.3 is 9.64 Å². The Bertz CT molecular complexity index is 874. The minimum absolute atomic E-state index is 0.603. The van der Waals surface area contributed by atoms with E-state index in [9.17, 15) is 0 Å². The van der Waals surface area contributed by atoms with Gasteiger partial charge in [-0.2, -0.15) is 0 Å². The predicted octanol–water partition coefficient (Wildman–Crippen LogP) is 3.70. The molecule has 1 aliphatic rings. The number of likely N-dealkylation sites (N-methyl/N-ethyl adjacent to an activating group) is 1. The Morgan fingerprint density at radius 2 is 2.00 bits per heavy atom. The van der Waals surface area contributed by atoms with Gasteiger partial charge in [-0.25, -0.2) is 9.97 Å². The van der Waals surface area contributed by atoms with Gasteiger partial charge in [0.2, 0.25) is 0 Å². The SMILES string of the molecule is CN(CCOc1ccccc1)c1nc(-c2cccnc2)nc2c1SCC2. The molecule has 0 amide bonds. The van der Waals surface area contributed by atoms with Gasteiger partial charge in [0.1, 0.15) is 18.2 Å². The van der Waals surface area contributed by atoms with Gasteiger partial charge in [0.05, 0.1) is 17.1 Å². The molecule has 0 radical (unpaired) electrons. The zero-order valence-electron chi connectivity index (χ0n) is 14.6. The molecule has 0 N–H and O–H groups in total. The zero-order chi connectivity index (χ0) is 17.8. The highest BCUT2D eigenvalue weighted by Gasteiger charge is 2.22. The number of para-hydroxylation sites is 1. The van der Waals surface area contributed by atoms with Gasteiger partial charge in [0.15, 0.2) is 5.82 Å². The number of benzene rings is 1. The van der Waals surface area contributed by atoms with Gasteiger partial charge in [-0.3, -0.25) is 4.98 Å². The number of anilines is 1. The topological polar surface area (TPSA) is 51.1 Å². The lowest BCUT2D eigenvalue weighted by Crippen LogP contribution is -2.25. The predicted molar refractivity (Wildman–Crippen MR) is 105 cm³/mol. The largest absolute Gasteiger partial charge is 0.492 e. The van der Waals surface area contributed by atoms with Crippen LogP contribution in [-0.2, 0) is 6.42 Å². The van der Waals surface area contributed by atoms with Crippen molar-refractivity contribution in [1.82, 2.24) is 15.0 Å². The second-order valence-electron chi connectivity index (χ2n) is 6.07. The van der Waals surface area contributed by atoms with E-state index in [1.165, 1.54) is 4.90 Å². The van der Waals surface area contributed by atoms with Crippen LogP contribution in [0.3, 0.4) is 0 Å². The van der Waals surface area contributed by atoms with Crippen molar-refractivity contribution in [3.8, 4) is 17.1 Å². The van der Waals surface area contributed by atoms with Crippen molar-refractivity contribution >= 4 is 17.6 Å². The monoisotopic (exact) mass is 364 g/mol. The summed E-state index contributed by atoms with van der Waals surface area (Å²) in [6, 6.07) is 13.8. The molecule has 2 aromatic heterocycles. The minimum Gasteiger partial charge on any atom is -0.492 e. The van der Waals surface area contributed by atoms with E-state index < -0.39 is 0 Å². The first-order valence-corrected chi connectivity index (χ1v) is 9.63. The van der Waals surface area contributed by atoms with Crippen molar-refractivity contribution in [3.63, 3.8) is 0 Å². The van der Waals surface area contributed by atoms with Crippen molar-refractivity contribution in [2.24, 2.45) is 0 Å². The molecule has 1 aliphatic heterocycles. The number of nitrogens with zero attached hydrogens (tertiary/aromatic N) is 4. The second kappa shape index (κ2) is 7.74. The van der Waals surface area contributed by atoms with Crippen molar-refractivity contribution in [3.05, 3.63) is 60.6 Å². The molecule has 0 spiro atoms. The third-order valence-electron chi connectivity index (χ3n) is 4.22. The molecule has 0 atom stereocenters. The van der Waals surface area contributed by atoms with Crippen LogP contribution in [0.2, 0.25) is 0 Å². The van der Waals surface area contributed by atoms with Crippen molar-refractivity contribution < 1.29 is 4.74 Å². The summed E-state index contributed by atoms with van der Waals surface area (Å²) in [4.78, 5) is 17.1. The van der Waals surface area contributed by atoms with Crippen LogP contribution in [0.15, 0.2) is 59.8 Å².